The Balaban J connectivity index is 0.00000154. The summed E-state index contributed by atoms with van der Waals surface area (Å²) in [6.07, 6.45) is 4.17. The summed E-state index contributed by atoms with van der Waals surface area (Å²) < 4.78 is 47.1. The van der Waals surface area contributed by atoms with E-state index in [9.17, 15) is 48.6 Å². The van der Waals surface area contributed by atoms with Gasteiger partial charge in [0.15, 0.2) is 17.3 Å². The number of nitrogens with one attached hydrogen (secondary N) is 3. The van der Waals surface area contributed by atoms with Crippen molar-refractivity contribution < 1.29 is 91.2 Å². The number of aliphatic hydroxyl groups is 1. The van der Waals surface area contributed by atoms with E-state index in [-0.39, 0.29) is 74.8 Å². The Morgan fingerprint density at radius 2 is 1.10 bits per heavy atom. The van der Waals surface area contributed by atoms with Crippen LogP contribution in [0.5, 0.6) is 5.75 Å². The van der Waals surface area contributed by atoms with Crippen molar-refractivity contribution in [2.45, 2.75) is 103 Å². The fraction of sp³-hybridized carbons (Fsp3) is 0.736. The van der Waals surface area contributed by atoms with Crippen LogP contribution in [0.4, 0.5) is 0 Å². The van der Waals surface area contributed by atoms with Crippen molar-refractivity contribution in [1.82, 2.24) is 16.0 Å². The van der Waals surface area contributed by atoms with Gasteiger partial charge in [-0.2, -0.15) is 0 Å². The van der Waals surface area contributed by atoms with E-state index in [4.69, 9.17) is 54.1 Å². The molecular weight excluding hydrogens is 1010 g/mol. The van der Waals surface area contributed by atoms with Crippen LogP contribution in [0.3, 0.4) is 0 Å². The number of phenolic OH excluding ortho intramolecular Hbond substituents is 1. The molecule has 0 unspecified atom stereocenters. The molecule has 24 nitrogen and oxygen atoms in total. The van der Waals surface area contributed by atoms with Gasteiger partial charge >= 0.3 is 0 Å². The number of nitrogens with two attached hydrogens (primary N) is 2. The van der Waals surface area contributed by atoms with Crippen molar-refractivity contribution in [2.24, 2.45) is 23.3 Å². The van der Waals surface area contributed by atoms with E-state index in [1.165, 1.54) is 19.1 Å². The number of unbranched alkanes of at least 4 members (excludes halogenated alkanes) is 1. The summed E-state index contributed by atoms with van der Waals surface area (Å²) >= 11 is 0. The Hall–Kier alpha value is -4.86. The first-order chi connectivity index (χ1) is 37.1. The fourth-order valence-corrected chi connectivity index (χ4v) is 6.51. The highest BCUT2D eigenvalue weighted by Gasteiger charge is 2.29. The third kappa shape index (κ3) is 42.8. The number of ether oxygens (including phenoxy) is 9. The van der Waals surface area contributed by atoms with Gasteiger partial charge in [0.05, 0.1) is 84.1 Å². The number of Topliss-reactive ketones (excluding diaryl/α,β-unsaturated/α-hetero) is 4. The van der Waals surface area contributed by atoms with Crippen LogP contribution in [0.2, 0.25) is 0 Å². The molecule has 24 heteroatoms. The number of rotatable bonds is 51. The molecule has 1 rings (SSSR count). The molecule has 0 heterocycles. The molecule has 0 saturated carbocycles. The van der Waals surface area contributed by atoms with E-state index < -0.39 is 53.9 Å². The topological polar surface area (TPSA) is 348 Å². The lowest BCUT2D eigenvalue weighted by molar-refractivity contribution is -0.133. The van der Waals surface area contributed by atoms with Gasteiger partial charge < -0.3 is 80.3 Å². The maximum Gasteiger partial charge on any atom is 0.246 e. The largest absolute Gasteiger partial charge is 0.508 e. The van der Waals surface area contributed by atoms with Gasteiger partial charge in [-0.05, 0) is 63.1 Å². The molecule has 0 spiro atoms. The molecule has 77 heavy (non-hydrogen) atoms. The van der Waals surface area contributed by atoms with Crippen LogP contribution in [0.15, 0.2) is 24.3 Å². The lowest BCUT2D eigenvalue weighted by Gasteiger charge is -2.21. The molecule has 0 aliphatic rings. The van der Waals surface area contributed by atoms with Crippen molar-refractivity contribution in [2.75, 3.05) is 139 Å². The van der Waals surface area contributed by atoms with Crippen LogP contribution in [-0.4, -0.2) is 208 Å². The molecule has 0 aromatic heterocycles. The van der Waals surface area contributed by atoms with E-state index in [2.05, 4.69) is 16.0 Å². The van der Waals surface area contributed by atoms with Gasteiger partial charge in [-0.3, -0.25) is 38.4 Å². The summed E-state index contributed by atoms with van der Waals surface area (Å²) in [7, 11) is 1.60. The zero-order valence-corrected chi connectivity index (χ0v) is 46.0. The standard InChI is InChI=1S/C30H48N4O9.C23H43NO10/c1-3-12-42-13-14-43-19-28(39)33-11-5-4-6-22(27(38)17-23(18-35)29(32)40)16-26(37)20(2)34-30(41)25(31)15-21-7-9-24(36)10-8-21;1-3-21(25)18-32-10-5-9-29-8-4-6-22(26)19-33-16-14-30-11-7-24-23(27)20-34-17-15-31-13-12-28-2/h7-10,20,22-23,25,35-36H,3-6,11-19,31H2,1-2H3,(H2,32,40)(H,33,39)(H,34,41);3-20H2,1-2H3,(H,24,27)/t20-,22-,23+,25+;/m1./s1. The summed E-state index contributed by atoms with van der Waals surface area (Å²) in [6, 6.07) is 4.39. The summed E-state index contributed by atoms with van der Waals surface area (Å²) in [4.78, 5) is 96.5. The van der Waals surface area contributed by atoms with Crippen LogP contribution in [0.1, 0.15) is 90.5 Å². The maximum atomic E-state index is 13.0. The van der Waals surface area contributed by atoms with Crippen LogP contribution in [-0.2, 0) is 87.4 Å². The Morgan fingerprint density at radius 3 is 1.71 bits per heavy atom. The van der Waals surface area contributed by atoms with E-state index in [0.717, 1.165) is 18.4 Å². The third-order valence-electron chi connectivity index (χ3n) is 11.0. The lowest BCUT2D eigenvalue weighted by atomic mass is 9.86. The molecule has 1 aromatic carbocycles. The number of aromatic hydroxyl groups is 1. The summed E-state index contributed by atoms with van der Waals surface area (Å²) in [5.41, 5.74) is 12.0. The quantitative estimate of drug-likeness (QED) is 0.0441. The van der Waals surface area contributed by atoms with Gasteiger partial charge in [0.1, 0.15) is 38.0 Å². The molecule has 0 aliphatic heterocycles. The molecule has 0 aliphatic carbocycles. The minimum atomic E-state index is -1.06. The highest BCUT2D eigenvalue weighted by atomic mass is 16.5. The number of aliphatic hydroxyl groups excluding tert-OH is 1. The maximum absolute atomic E-state index is 13.0. The van der Waals surface area contributed by atoms with E-state index in [0.29, 0.717) is 138 Å². The minimum absolute atomic E-state index is 0.0152. The van der Waals surface area contributed by atoms with Gasteiger partial charge in [0.25, 0.3) is 0 Å². The molecule has 9 N–H and O–H groups in total. The van der Waals surface area contributed by atoms with Crippen LogP contribution < -0.4 is 27.4 Å². The average Bonchev–Trinajstić information content (AvgIpc) is 3.41. The number of amides is 4. The first kappa shape index (κ1) is 72.1. The number of ketones is 4. The average molecular weight is 1100 g/mol. The number of hydrogen-bond donors (Lipinski definition) is 7. The molecule has 442 valence electrons. The smallest absolute Gasteiger partial charge is 0.246 e. The first-order valence-corrected chi connectivity index (χ1v) is 26.5. The SMILES string of the molecule is CCC(=O)COCCCOCCCC(=O)COCCOCCNC(=O)COCCOCCOC.CCCOCCOCC(=O)NCCCC[C@H](CC(=O)[C@@H](C)NC(=O)[C@@H](N)Cc1ccc(O)cc1)C(=O)C[C@@H](CO)C(N)=O. The number of benzene rings is 1. The second kappa shape index (κ2) is 49.4. The van der Waals surface area contributed by atoms with E-state index >= 15 is 0 Å². The summed E-state index contributed by atoms with van der Waals surface area (Å²) in [5.74, 6) is -4.28. The Labute approximate surface area is 454 Å². The van der Waals surface area contributed by atoms with Gasteiger partial charge in [-0.25, -0.2) is 0 Å². The molecule has 1 aromatic rings. The predicted octanol–water partition coefficient (Wildman–Crippen LogP) is 0.692. The Morgan fingerprint density at radius 1 is 0.584 bits per heavy atom. The number of primary amides is 1. The third-order valence-corrected chi connectivity index (χ3v) is 11.0. The Kier molecular flexibility index (Phi) is 46.3. The zero-order valence-electron chi connectivity index (χ0n) is 46.0. The van der Waals surface area contributed by atoms with Gasteiger partial charge in [-0.15, -0.1) is 0 Å². The van der Waals surface area contributed by atoms with Gasteiger partial charge in [0, 0.05) is 78.2 Å². The second-order valence-corrected chi connectivity index (χ2v) is 17.8. The summed E-state index contributed by atoms with van der Waals surface area (Å²) in [5, 5.41) is 26.8. The van der Waals surface area contributed by atoms with Crippen LogP contribution in [0, 0.1) is 11.8 Å². The van der Waals surface area contributed by atoms with Gasteiger partial charge in [-0.1, -0.05) is 32.4 Å². The van der Waals surface area contributed by atoms with Crippen molar-refractivity contribution in [3.05, 3.63) is 29.8 Å². The second-order valence-electron chi connectivity index (χ2n) is 17.8. The lowest BCUT2D eigenvalue weighted by Crippen LogP contribution is -2.48. The van der Waals surface area contributed by atoms with Crippen molar-refractivity contribution >= 4 is 46.8 Å². The molecule has 4 atom stereocenters. The van der Waals surface area contributed by atoms with Crippen LogP contribution in [0.25, 0.3) is 0 Å². The first-order valence-electron chi connectivity index (χ1n) is 26.5. The van der Waals surface area contributed by atoms with Gasteiger partial charge in [0.2, 0.25) is 23.6 Å². The van der Waals surface area contributed by atoms with E-state index in [1.54, 1.807) is 19.2 Å². The predicted molar refractivity (Wildman–Crippen MR) is 283 cm³/mol. The highest BCUT2D eigenvalue weighted by molar-refractivity contribution is 5.94. The number of carbonyl (C=O) groups is 8. The van der Waals surface area contributed by atoms with Crippen molar-refractivity contribution in [3.8, 4) is 5.75 Å². The zero-order chi connectivity index (χ0) is 57.3. The normalized spacial score (nSPS) is 12.6. The molecular formula is C53H91N5O19. The van der Waals surface area contributed by atoms with Crippen LogP contribution >= 0.6 is 0 Å². The van der Waals surface area contributed by atoms with E-state index in [1.807, 2.05) is 13.8 Å². The monoisotopic (exact) mass is 1100 g/mol. The Bertz CT molecular complexity index is 1760. The minimum Gasteiger partial charge on any atom is -0.508 e. The molecule has 4 amide bonds. The summed E-state index contributed by atoms with van der Waals surface area (Å²) in [6.45, 7) is 11.2. The number of methoxy groups -OCH3 is 1. The molecule has 0 radical (unpaired) electrons. The molecule has 0 saturated heterocycles. The molecule has 0 fully saturated rings. The van der Waals surface area contributed by atoms with Crippen molar-refractivity contribution in [1.29, 1.82) is 0 Å². The van der Waals surface area contributed by atoms with Crippen molar-refractivity contribution in [3.63, 3.8) is 0 Å². The number of phenols is 1. The molecule has 0 bridgehead atoms. The number of carbonyl (C=O) groups excluding carboxylic acids is 8. The highest BCUT2D eigenvalue weighted by Crippen LogP contribution is 2.20. The number of hydrogen-bond acceptors (Lipinski definition) is 20. The fourth-order valence-electron chi connectivity index (χ4n) is 6.51.